The largest absolute Gasteiger partial charge is 0.292 e. The average Bonchev–Trinajstić information content (AvgIpc) is 3.54. The van der Waals surface area contributed by atoms with Gasteiger partial charge in [-0.25, -0.2) is 9.97 Å². The van der Waals surface area contributed by atoms with Crippen LogP contribution in [0.3, 0.4) is 0 Å². The van der Waals surface area contributed by atoms with Crippen molar-refractivity contribution < 1.29 is 0 Å². The molecule has 0 atom stereocenters. The first-order chi connectivity index (χ1) is 23.3. The van der Waals surface area contributed by atoms with Gasteiger partial charge >= 0.3 is 0 Å². The number of benzene rings is 7. The summed E-state index contributed by atoms with van der Waals surface area (Å²) in [4.78, 5) is 10.6. The second-order valence-corrected chi connectivity index (χ2v) is 11.8. The molecule has 0 N–H and O–H groups in total. The summed E-state index contributed by atoms with van der Waals surface area (Å²) < 4.78 is 2.25. The predicted octanol–water partition coefficient (Wildman–Crippen LogP) is 11.4. The van der Waals surface area contributed by atoms with E-state index in [9.17, 15) is 0 Å². The van der Waals surface area contributed by atoms with Crippen LogP contribution in [0.1, 0.15) is 0 Å². The molecule has 0 saturated carbocycles. The molecule has 0 aliphatic heterocycles. The Hall–Kier alpha value is -6.32. The molecule has 0 radical (unpaired) electrons. The average molecular weight is 600 g/mol. The first kappa shape index (κ1) is 27.0. The number of hydrogen-bond acceptors (Lipinski definition) is 2. The monoisotopic (exact) mass is 599 g/mol. The molecule has 0 spiro atoms. The lowest BCUT2D eigenvalue weighted by Gasteiger charge is -2.16. The number of rotatable bonds is 5. The highest BCUT2D eigenvalue weighted by molar-refractivity contribution is 6.16. The molecule has 0 amide bonds. The normalized spacial score (nSPS) is 11.4. The van der Waals surface area contributed by atoms with E-state index in [0.29, 0.717) is 0 Å². The number of imidazole rings is 1. The van der Waals surface area contributed by atoms with Crippen LogP contribution in [0.15, 0.2) is 176 Å². The van der Waals surface area contributed by atoms with E-state index in [1.807, 2.05) is 12.1 Å². The molecule has 0 aliphatic carbocycles. The van der Waals surface area contributed by atoms with Crippen LogP contribution in [0, 0.1) is 0 Å². The summed E-state index contributed by atoms with van der Waals surface area (Å²) in [7, 11) is 0. The molecule has 0 bridgehead atoms. The predicted molar refractivity (Wildman–Crippen MR) is 196 cm³/mol. The lowest BCUT2D eigenvalue weighted by Crippen LogP contribution is -1.97. The quantitative estimate of drug-likeness (QED) is 0.184. The topological polar surface area (TPSA) is 30.7 Å². The number of pyridine rings is 1. The van der Waals surface area contributed by atoms with Crippen molar-refractivity contribution in [2.45, 2.75) is 0 Å². The van der Waals surface area contributed by atoms with Gasteiger partial charge in [0.05, 0.1) is 22.2 Å². The SMILES string of the molecule is c1ccc(-c2cc3c(-c4ccccc4)cc(-c4ccc5c(c4)nc(-c4ccccc4)n5-c4ccccc4)nc3c3ccccc23)cc1. The van der Waals surface area contributed by atoms with E-state index < -0.39 is 0 Å². The Labute approximate surface area is 273 Å². The number of fused-ring (bicyclic) bond motifs is 4. The van der Waals surface area contributed by atoms with Crippen molar-refractivity contribution in [2.75, 3.05) is 0 Å². The highest BCUT2D eigenvalue weighted by Gasteiger charge is 2.18. The third kappa shape index (κ3) is 4.68. The van der Waals surface area contributed by atoms with Gasteiger partial charge in [0.15, 0.2) is 0 Å². The maximum atomic E-state index is 5.41. The van der Waals surface area contributed by atoms with Gasteiger partial charge in [-0.2, -0.15) is 0 Å². The molecule has 3 heteroatoms. The third-order valence-corrected chi connectivity index (χ3v) is 8.99. The molecular weight excluding hydrogens is 571 g/mol. The Kier molecular flexibility index (Phi) is 6.46. The fourth-order valence-corrected chi connectivity index (χ4v) is 6.77. The molecule has 2 aromatic heterocycles. The van der Waals surface area contributed by atoms with Crippen LogP contribution in [-0.4, -0.2) is 14.5 Å². The Morgan fingerprint density at radius 2 is 0.936 bits per heavy atom. The fraction of sp³-hybridized carbons (Fsp3) is 0. The van der Waals surface area contributed by atoms with E-state index in [4.69, 9.17) is 9.97 Å². The molecule has 9 rings (SSSR count). The van der Waals surface area contributed by atoms with Gasteiger partial charge in [-0.3, -0.25) is 4.57 Å². The van der Waals surface area contributed by atoms with E-state index in [1.165, 1.54) is 16.5 Å². The van der Waals surface area contributed by atoms with Crippen molar-refractivity contribution in [2.24, 2.45) is 0 Å². The van der Waals surface area contributed by atoms with E-state index >= 15 is 0 Å². The molecule has 9 aromatic rings. The van der Waals surface area contributed by atoms with Crippen molar-refractivity contribution in [3.05, 3.63) is 176 Å². The number of hydrogen-bond donors (Lipinski definition) is 0. The Balaban J connectivity index is 1.31. The summed E-state index contributed by atoms with van der Waals surface area (Å²) in [6, 6.07) is 61.9. The molecule has 0 aliphatic rings. The molecule has 0 saturated heterocycles. The number of para-hydroxylation sites is 1. The van der Waals surface area contributed by atoms with Crippen LogP contribution in [0.2, 0.25) is 0 Å². The van der Waals surface area contributed by atoms with Gasteiger partial charge in [0.1, 0.15) is 5.82 Å². The Morgan fingerprint density at radius 1 is 0.383 bits per heavy atom. The van der Waals surface area contributed by atoms with Gasteiger partial charge in [0, 0.05) is 27.6 Å². The maximum absolute atomic E-state index is 5.41. The molecule has 0 fully saturated rings. The first-order valence-corrected chi connectivity index (χ1v) is 15.9. The second kappa shape index (κ2) is 11.2. The summed E-state index contributed by atoms with van der Waals surface area (Å²) in [5, 5.41) is 3.47. The van der Waals surface area contributed by atoms with Gasteiger partial charge in [-0.15, -0.1) is 0 Å². The zero-order valence-corrected chi connectivity index (χ0v) is 25.6. The van der Waals surface area contributed by atoms with Crippen LogP contribution >= 0.6 is 0 Å². The summed E-state index contributed by atoms with van der Waals surface area (Å²) in [6.45, 7) is 0. The zero-order valence-electron chi connectivity index (χ0n) is 25.6. The van der Waals surface area contributed by atoms with Gasteiger partial charge < -0.3 is 0 Å². The van der Waals surface area contributed by atoms with Crippen molar-refractivity contribution >= 4 is 32.7 Å². The second-order valence-electron chi connectivity index (χ2n) is 11.8. The lowest BCUT2D eigenvalue weighted by molar-refractivity contribution is 1.10. The summed E-state index contributed by atoms with van der Waals surface area (Å²) in [6.07, 6.45) is 0. The van der Waals surface area contributed by atoms with Crippen molar-refractivity contribution in [3.63, 3.8) is 0 Å². The summed E-state index contributed by atoms with van der Waals surface area (Å²) >= 11 is 0. The molecule has 220 valence electrons. The highest BCUT2D eigenvalue weighted by atomic mass is 15.1. The highest BCUT2D eigenvalue weighted by Crippen LogP contribution is 2.40. The third-order valence-electron chi connectivity index (χ3n) is 8.99. The zero-order chi connectivity index (χ0) is 31.2. The molecule has 3 nitrogen and oxygen atoms in total. The lowest BCUT2D eigenvalue weighted by atomic mass is 9.91. The summed E-state index contributed by atoms with van der Waals surface area (Å²) in [5.74, 6) is 0.917. The van der Waals surface area contributed by atoms with Gasteiger partial charge in [0.2, 0.25) is 0 Å². The van der Waals surface area contributed by atoms with Crippen LogP contribution in [0.5, 0.6) is 0 Å². The smallest absolute Gasteiger partial charge is 0.145 e. The standard InChI is InChI=1S/C44H29N3/c1-5-15-30(16-6-1)37-28-39-38(31-17-7-2-8-18-31)29-40(45-43(39)36-24-14-13-23-35(36)37)33-25-26-42-41(27-33)46-44(32-19-9-3-10-20-32)47(42)34-21-11-4-12-22-34/h1-29H. The van der Waals surface area contributed by atoms with Crippen molar-refractivity contribution in [1.29, 1.82) is 0 Å². The molecule has 47 heavy (non-hydrogen) atoms. The van der Waals surface area contributed by atoms with Crippen molar-refractivity contribution in [3.8, 4) is 50.6 Å². The summed E-state index contributed by atoms with van der Waals surface area (Å²) in [5.41, 5.74) is 11.8. The molecule has 0 unspecified atom stereocenters. The molecular formula is C44H29N3. The van der Waals surface area contributed by atoms with E-state index in [0.717, 1.165) is 66.8 Å². The van der Waals surface area contributed by atoms with Gasteiger partial charge in [0.25, 0.3) is 0 Å². The molecule has 7 aromatic carbocycles. The minimum atomic E-state index is 0.917. The first-order valence-electron chi connectivity index (χ1n) is 15.9. The maximum Gasteiger partial charge on any atom is 0.145 e. The minimum Gasteiger partial charge on any atom is -0.292 e. The van der Waals surface area contributed by atoms with Gasteiger partial charge in [-0.05, 0) is 64.0 Å². The van der Waals surface area contributed by atoms with Crippen LogP contribution in [-0.2, 0) is 0 Å². The van der Waals surface area contributed by atoms with E-state index in [2.05, 4.69) is 168 Å². The van der Waals surface area contributed by atoms with E-state index in [-0.39, 0.29) is 0 Å². The minimum absolute atomic E-state index is 0.917. The Morgan fingerprint density at radius 3 is 1.60 bits per heavy atom. The number of nitrogens with zero attached hydrogens (tertiary/aromatic N) is 3. The Bertz CT molecular complexity index is 2540. The van der Waals surface area contributed by atoms with E-state index in [1.54, 1.807) is 0 Å². The van der Waals surface area contributed by atoms with Crippen molar-refractivity contribution in [1.82, 2.24) is 14.5 Å². The van der Waals surface area contributed by atoms with Crippen LogP contribution in [0.25, 0.3) is 83.3 Å². The fourth-order valence-electron chi connectivity index (χ4n) is 6.77. The van der Waals surface area contributed by atoms with Crippen LogP contribution < -0.4 is 0 Å². The van der Waals surface area contributed by atoms with Gasteiger partial charge in [-0.1, -0.05) is 140 Å². The molecule has 2 heterocycles. The van der Waals surface area contributed by atoms with Crippen LogP contribution in [0.4, 0.5) is 0 Å². The number of aromatic nitrogens is 3.